The van der Waals surface area contributed by atoms with Crippen molar-refractivity contribution in [1.29, 1.82) is 0 Å². The number of likely N-dealkylation sites (tertiary alicyclic amines) is 1. The number of nitrogens with two attached hydrogens (primary N) is 1. The molecular formula is C19H28N2O2. The summed E-state index contributed by atoms with van der Waals surface area (Å²) < 4.78 is 5.73. The number of benzene rings is 1. The molecule has 3 atom stereocenters. The van der Waals surface area contributed by atoms with E-state index < -0.39 is 0 Å². The van der Waals surface area contributed by atoms with Crippen LogP contribution in [0.25, 0.3) is 0 Å². The standard InChI is InChI=1S/C19H28N2O2/c20-12-16-13-21(14-18(16)15-6-2-1-3-7-15)19(22)10-9-17-8-4-5-11-23-17/h1-3,6-7,16-18H,4-5,8-14,20H2/t16-,17?,18+/m1/s1. The Balaban J connectivity index is 1.55. The second-order valence-electron chi connectivity index (χ2n) is 6.84. The molecule has 0 saturated carbocycles. The molecule has 1 aromatic rings. The number of carbonyl (C=O) groups excluding carboxylic acids is 1. The zero-order valence-electron chi connectivity index (χ0n) is 13.8. The third-order valence-corrected chi connectivity index (χ3v) is 5.28. The monoisotopic (exact) mass is 316 g/mol. The predicted octanol–water partition coefficient (Wildman–Crippen LogP) is 2.54. The molecule has 2 fully saturated rings. The van der Waals surface area contributed by atoms with E-state index in [4.69, 9.17) is 10.5 Å². The fourth-order valence-electron chi connectivity index (χ4n) is 3.87. The first-order chi connectivity index (χ1) is 11.3. The number of hydrogen-bond donors (Lipinski definition) is 1. The van der Waals surface area contributed by atoms with Crippen molar-refractivity contribution in [3.8, 4) is 0 Å². The fourth-order valence-corrected chi connectivity index (χ4v) is 3.87. The third kappa shape index (κ3) is 4.12. The Kier molecular flexibility index (Phi) is 5.68. The van der Waals surface area contributed by atoms with Crippen LogP contribution in [0.5, 0.6) is 0 Å². The van der Waals surface area contributed by atoms with Crippen LogP contribution in [-0.2, 0) is 9.53 Å². The average molecular weight is 316 g/mol. The maximum atomic E-state index is 12.6. The Labute approximate surface area is 139 Å². The van der Waals surface area contributed by atoms with Gasteiger partial charge < -0.3 is 15.4 Å². The molecule has 1 unspecified atom stereocenters. The van der Waals surface area contributed by atoms with Crippen molar-refractivity contribution in [1.82, 2.24) is 4.90 Å². The lowest BCUT2D eigenvalue weighted by Crippen LogP contribution is -2.31. The summed E-state index contributed by atoms with van der Waals surface area (Å²) in [5, 5.41) is 0. The average Bonchev–Trinajstić information content (AvgIpc) is 3.06. The molecule has 1 aromatic carbocycles. The van der Waals surface area contributed by atoms with Crippen LogP contribution in [0.1, 0.15) is 43.6 Å². The van der Waals surface area contributed by atoms with Crippen molar-refractivity contribution in [3.05, 3.63) is 35.9 Å². The van der Waals surface area contributed by atoms with E-state index in [9.17, 15) is 4.79 Å². The summed E-state index contributed by atoms with van der Waals surface area (Å²) in [6.45, 7) is 3.08. The summed E-state index contributed by atoms with van der Waals surface area (Å²) in [5.74, 6) is 0.999. The molecule has 0 aliphatic carbocycles. The predicted molar refractivity (Wildman–Crippen MR) is 91.1 cm³/mol. The maximum absolute atomic E-state index is 12.6. The van der Waals surface area contributed by atoms with Gasteiger partial charge in [0.2, 0.25) is 5.91 Å². The smallest absolute Gasteiger partial charge is 0.222 e. The molecule has 126 valence electrons. The van der Waals surface area contributed by atoms with E-state index in [-0.39, 0.29) is 12.0 Å². The van der Waals surface area contributed by atoms with Gasteiger partial charge in [-0.15, -0.1) is 0 Å². The summed E-state index contributed by atoms with van der Waals surface area (Å²) in [4.78, 5) is 14.6. The highest BCUT2D eigenvalue weighted by atomic mass is 16.5. The van der Waals surface area contributed by atoms with Gasteiger partial charge in [0, 0.05) is 32.0 Å². The summed E-state index contributed by atoms with van der Waals surface area (Å²) in [6, 6.07) is 10.5. The van der Waals surface area contributed by atoms with Gasteiger partial charge in [0.1, 0.15) is 0 Å². The van der Waals surface area contributed by atoms with Gasteiger partial charge in [0.15, 0.2) is 0 Å². The first-order valence-electron chi connectivity index (χ1n) is 8.92. The fraction of sp³-hybridized carbons (Fsp3) is 0.632. The molecule has 3 rings (SSSR count). The third-order valence-electron chi connectivity index (χ3n) is 5.28. The molecule has 2 aliphatic rings. The molecule has 2 aliphatic heterocycles. The second kappa shape index (κ2) is 7.93. The van der Waals surface area contributed by atoms with Crippen LogP contribution in [0.15, 0.2) is 30.3 Å². The Bertz CT molecular complexity index is 499. The second-order valence-corrected chi connectivity index (χ2v) is 6.84. The molecule has 23 heavy (non-hydrogen) atoms. The molecule has 0 bridgehead atoms. The van der Waals surface area contributed by atoms with Crippen molar-refractivity contribution in [2.75, 3.05) is 26.2 Å². The minimum atomic E-state index is 0.260. The first-order valence-corrected chi connectivity index (χ1v) is 8.92. The molecule has 4 nitrogen and oxygen atoms in total. The number of carbonyl (C=O) groups is 1. The molecule has 2 saturated heterocycles. The van der Waals surface area contributed by atoms with E-state index in [2.05, 4.69) is 24.3 Å². The van der Waals surface area contributed by atoms with Gasteiger partial charge in [-0.1, -0.05) is 30.3 Å². The number of rotatable bonds is 5. The van der Waals surface area contributed by atoms with E-state index in [1.54, 1.807) is 0 Å². The van der Waals surface area contributed by atoms with Crippen LogP contribution in [0.2, 0.25) is 0 Å². The van der Waals surface area contributed by atoms with Crippen LogP contribution in [0.4, 0.5) is 0 Å². The largest absolute Gasteiger partial charge is 0.378 e. The summed E-state index contributed by atoms with van der Waals surface area (Å²) in [5.41, 5.74) is 7.26. The quantitative estimate of drug-likeness (QED) is 0.908. The minimum Gasteiger partial charge on any atom is -0.378 e. The van der Waals surface area contributed by atoms with Crippen LogP contribution in [-0.4, -0.2) is 43.2 Å². The lowest BCUT2D eigenvalue weighted by Gasteiger charge is -2.23. The van der Waals surface area contributed by atoms with Crippen molar-refractivity contribution in [3.63, 3.8) is 0 Å². The van der Waals surface area contributed by atoms with Crippen molar-refractivity contribution < 1.29 is 9.53 Å². The van der Waals surface area contributed by atoms with Crippen LogP contribution in [0.3, 0.4) is 0 Å². The zero-order valence-corrected chi connectivity index (χ0v) is 13.8. The highest BCUT2D eigenvalue weighted by Crippen LogP contribution is 2.32. The van der Waals surface area contributed by atoms with Gasteiger partial charge >= 0.3 is 0 Å². The van der Waals surface area contributed by atoms with E-state index in [1.165, 1.54) is 12.0 Å². The summed E-state index contributed by atoms with van der Waals surface area (Å²) in [7, 11) is 0. The number of nitrogens with zero attached hydrogens (tertiary/aromatic N) is 1. The molecule has 4 heteroatoms. The summed E-state index contributed by atoms with van der Waals surface area (Å²) >= 11 is 0. The Morgan fingerprint density at radius 1 is 1.22 bits per heavy atom. The van der Waals surface area contributed by atoms with Crippen molar-refractivity contribution >= 4 is 5.91 Å². The zero-order chi connectivity index (χ0) is 16.1. The molecule has 0 spiro atoms. The van der Waals surface area contributed by atoms with Crippen molar-refractivity contribution in [2.24, 2.45) is 11.7 Å². The lowest BCUT2D eigenvalue weighted by molar-refractivity contribution is -0.131. The van der Waals surface area contributed by atoms with Crippen LogP contribution < -0.4 is 5.73 Å². The van der Waals surface area contributed by atoms with Gasteiger partial charge in [-0.3, -0.25) is 4.79 Å². The Morgan fingerprint density at radius 3 is 2.74 bits per heavy atom. The van der Waals surface area contributed by atoms with E-state index in [0.717, 1.165) is 39.0 Å². The molecule has 0 aromatic heterocycles. The Morgan fingerprint density at radius 2 is 2.04 bits per heavy atom. The molecular weight excluding hydrogens is 288 g/mol. The van der Waals surface area contributed by atoms with Gasteiger partial charge in [0.25, 0.3) is 0 Å². The van der Waals surface area contributed by atoms with E-state index >= 15 is 0 Å². The number of amides is 1. The molecule has 1 amide bonds. The lowest BCUT2D eigenvalue weighted by atomic mass is 9.89. The van der Waals surface area contributed by atoms with Crippen LogP contribution in [0, 0.1) is 5.92 Å². The van der Waals surface area contributed by atoms with Gasteiger partial charge in [-0.05, 0) is 43.7 Å². The maximum Gasteiger partial charge on any atom is 0.222 e. The SMILES string of the molecule is NC[C@@H]1CN(C(=O)CCC2CCCCO2)C[C@H]1c1ccccc1. The highest BCUT2D eigenvalue weighted by molar-refractivity contribution is 5.76. The van der Waals surface area contributed by atoms with Gasteiger partial charge in [0.05, 0.1) is 6.10 Å². The van der Waals surface area contributed by atoms with Gasteiger partial charge in [-0.25, -0.2) is 0 Å². The van der Waals surface area contributed by atoms with E-state index in [1.807, 2.05) is 11.0 Å². The molecule has 2 N–H and O–H groups in total. The first kappa shape index (κ1) is 16.5. The summed E-state index contributed by atoms with van der Waals surface area (Å²) in [6.07, 6.45) is 5.24. The minimum absolute atomic E-state index is 0.260. The highest BCUT2D eigenvalue weighted by Gasteiger charge is 2.35. The Hall–Kier alpha value is -1.39. The number of hydrogen-bond acceptors (Lipinski definition) is 3. The number of ether oxygens (including phenoxy) is 1. The topological polar surface area (TPSA) is 55.6 Å². The normalized spacial score (nSPS) is 28.0. The van der Waals surface area contributed by atoms with E-state index in [0.29, 0.717) is 24.8 Å². The van der Waals surface area contributed by atoms with Crippen LogP contribution >= 0.6 is 0 Å². The van der Waals surface area contributed by atoms with Gasteiger partial charge in [-0.2, -0.15) is 0 Å². The van der Waals surface area contributed by atoms with Crippen molar-refractivity contribution in [2.45, 2.75) is 44.1 Å². The molecule has 0 radical (unpaired) electrons. The molecule has 2 heterocycles.